The van der Waals surface area contributed by atoms with Crippen LogP contribution in [-0.2, 0) is 9.59 Å². The van der Waals surface area contributed by atoms with Gasteiger partial charge in [0.25, 0.3) is 11.8 Å². The quantitative estimate of drug-likeness (QED) is 0.128. The number of benzene rings is 4. The summed E-state index contributed by atoms with van der Waals surface area (Å²) in [6.07, 6.45) is 1.65. The lowest BCUT2D eigenvalue weighted by molar-refractivity contribution is -0.115. The Balaban J connectivity index is 1.49. The third kappa shape index (κ3) is 8.83. The van der Waals surface area contributed by atoms with E-state index in [0.29, 0.717) is 27.9 Å². The first-order chi connectivity index (χ1) is 20.2. The molecule has 3 N–H and O–H groups in total. The summed E-state index contributed by atoms with van der Waals surface area (Å²) >= 11 is 7.29. The average Bonchev–Trinajstić information content (AvgIpc) is 2.98. The van der Waals surface area contributed by atoms with Gasteiger partial charge in [0.2, 0.25) is 5.91 Å². The zero-order valence-electron chi connectivity index (χ0n) is 23.6. The molecule has 0 radical (unpaired) electrons. The molecule has 0 heterocycles. The van der Waals surface area contributed by atoms with Crippen molar-refractivity contribution in [2.45, 2.75) is 36.8 Å². The fourth-order valence-electron chi connectivity index (χ4n) is 3.97. The molecule has 0 aliphatic rings. The SMILES string of the molecule is CC(Sc1cccc(NC(=O)/C(=C\c2ccc(C(C)C)cc2)NC(=O)c2ccccc2)c1)C(=O)Nc1ccc(Cl)cc1. The number of halogens is 1. The van der Waals surface area contributed by atoms with Gasteiger partial charge >= 0.3 is 0 Å². The molecule has 8 heteroatoms. The first-order valence-corrected chi connectivity index (χ1v) is 14.8. The molecule has 0 saturated carbocycles. The van der Waals surface area contributed by atoms with Crippen molar-refractivity contribution in [2.75, 3.05) is 10.6 Å². The summed E-state index contributed by atoms with van der Waals surface area (Å²) in [7, 11) is 0. The molecule has 0 aromatic heterocycles. The summed E-state index contributed by atoms with van der Waals surface area (Å²) < 4.78 is 0. The predicted molar refractivity (Wildman–Crippen MR) is 173 cm³/mol. The molecule has 0 saturated heterocycles. The van der Waals surface area contributed by atoms with Crippen molar-refractivity contribution in [3.8, 4) is 0 Å². The van der Waals surface area contributed by atoms with Crippen LogP contribution in [0.2, 0.25) is 5.02 Å². The summed E-state index contributed by atoms with van der Waals surface area (Å²) in [5, 5.41) is 8.73. The van der Waals surface area contributed by atoms with Crippen LogP contribution in [0.5, 0.6) is 0 Å². The van der Waals surface area contributed by atoms with E-state index >= 15 is 0 Å². The normalized spacial score (nSPS) is 12.0. The molecule has 3 amide bonds. The van der Waals surface area contributed by atoms with Crippen molar-refractivity contribution in [3.63, 3.8) is 0 Å². The first kappa shape index (κ1) is 30.6. The maximum absolute atomic E-state index is 13.5. The number of thioether (sulfide) groups is 1. The summed E-state index contributed by atoms with van der Waals surface area (Å²) in [5.41, 5.74) is 3.70. The van der Waals surface area contributed by atoms with E-state index in [1.165, 1.54) is 17.3 Å². The van der Waals surface area contributed by atoms with Crippen molar-refractivity contribution < 1.29 is 14.4 Å². The van der Waals surface area contributed by atoms with Crippen molar-refractivity contribution in [2.24, 2.45) is 0 Å². The number of rotatable bonds is 10. The van der Waals surface area contributed by atoms with E-state index in [-0.39, 0.29) is 17.5 Å². The number of nitrogens with one attached hydrogen (secondary N) is 3. The van der Waals surface area contributed by atoms with E-state index in [2.05, 4.69) is 29.8 Å². The lowest BCUT2D eigenvalue weighted by atomic mass is 10.0. The van der Waals surface area contributed by atoms with Gasteiger partial charge in [-0.2, -0.15) is 0 Å². The topological polar surface area (TPSA) is 87.3 Å². The minimum Gasteiger partial charge on any atom is -0.325 e. The fourth-order valence-corrected chi connectivity index (χ4v) is 5.02. The Hall–Kier alpha value is -4.33. The molecule has 0 fully saturated rings. The van der Waals surface area contributed by atoms with Crippen molar-refractivity contribution in [1.82, 2.24) is 5.32 Å². The smallest absolute Gasteiger partial charge is 0.272 e. The van der Waals surface area contributed by atoms with Gasteiger partial charge in [-0.1, -0.05) is 74.0 Å². The highest BCUT2D eigenvalue weighted by Gasteiger charge is 2.17. The monoisotopic (exact) mass is 597 g/mol. The highest BCUT2D eigenvalue weighted by molar-refractivity contribution is 8.00. The Morgan fingerprint density at radius 2 is 1.45 bits per heavy atom. The highest BCUT2D eigenvalue weighted by atomic mass is 35.5. The van der Waals surface area contributed by atoms with Crippen molar-refractivity contribution in [1.29, 1.82) is 0 Å². The van der Waals surface area contributed by atoms with E-state index in [1.807, 2.05) is 43.3 Å². The van der Waals surface area contributed by atoms with Crippen molar-refractivity contribution >= 4 is 58.5 Å². The van der Waals surface area contributed by atoms with Crippen LogP contribution in [0.25, 0.3) is 6.08 Å². The minimum absolute atomic E-state index is 0.106. The zero-order chi connectivity index (χ0) is 30.1. The van der Waals surface area contributed by atoms with Crippen LogP contribution in [0, 0.1) is 0 Å². The van der Waals surface area contributed by atoms with Crippen LogP contribution < -0.4 is 16.0 Å². The van der Waals surface area contributed by atoms with E-state index in [0.717, 1.165) is 10.5 Å². The van der Waals surface area contributed by atoms with Gasteiger partial charge in [0.05, 0.1) is 5.25 Å². The van der Waals surface area contributed by atoms with Gasteiger partial charge < -0.3 is 16.0 Å². The molecule has 214 valence electrons. The molecule has 0 aliphatic heterocycles. The Morgan fingerprint density at radius 3 is 2.12 bits per heavy atom. The van der Waals surface area contributed by atoms with Gasteiger partial charge in [0.1, 0.15) is 5.70 Å². The maximum Gasteiger partial charge on any atom is 0.272 e. The maximum atomic E-state index is 13.5. The Kier molecular flexibility index (Phi) is 10.6. The lowest BCUT2D eigenvalue weighted by Gasteiger charge is -2.14. The molecule has 0 spiro atoms. The minimum atomic E-state index is -0.470. The van der Waals surface area contributed by atoms with Gasteiger partial charge in [-0.25, -0.2) is 0 Å². The second-order valence-corrected chi connectivity index (χ2v) is 11.8. The molecule has 4 aromatic carbocycles. The Labute approximate surface area is 255 Å². The van der Waals surface area contributed by atoms with Crippen LogP contribution in [0.1, 0.15) is 48.2 Å². The molecule has 6 nitrogen and oxygen atoms in total. The Bertz CT molecular complexity index is 1570. The number of hydrogen-bond donors (Lipinski definition) is 3. The van der Waals surface area contributed by atoms with Crippen LogP contribution in [0.3, 0.4) is 0 Å². The van der Waals surface area contributed by atoms with Gasteiger partial charge in [0, 0.05) is 26.9 Å². The molecule has 4 rings (SSSR count). The summed E-state index contributed by atoms with van der Waals surface area (Å²) in [6.45, 7) is 6.04. The van der Waals surface area contributed by atoms with Gasteiger partial charge in [-0.15, -0.1) is 11.8 Å². The molecule has 0 aliphatic carbocycles. The van der Waals surface area contributed by atoms with Crippen LogP contribution in [0.15, 0.2) is 114 Å². The molecular weight excluding hydrogens is 566 g/mol. The fraction of sp³-hybridized carbons (Fsp3) is 0.147. The average molecular weight is 598 g/mol. The largest absolute Gasteiger partial charge is 0.325 e. The number of hydrogen-bond acceptors (Lipinski definition) is 4. The molecule has 1 unspecified atom stereocenters. The van der Waals surface area contributed by atoms with Gasteiger partial charge in [0.15, 0.2) is 0 Å². The molecule has 0 bridgehead atoms. The molecular formula is C34H32ClN3O3S. The third-order valence-electron chi connectivity index (χ3n) is 6.33. The molecule has 1 atom stereocenters. The third-order valence-corrected chi connectivity index (χ3v) is 7.67. The van der Waals surface area contributed by atoms with Gasteiger partial charge in [-0.05, 0) is 84.6 Å². The number of carbonyl (C=O) groups is 3. The highest BCUT2D eigenvalue weighted by Crippen LogP contribution is 2.27. The predicted octanol–water partition coefficient (Wildman–Crippen LogP) is 7.99. The molecule has 4 aromatic rings. The Morgan fingerprint density at radius 1 is 0.762 bits per heavy atom. The second kappa shape index (κ2) is 14.5. The van der Waals surface area contributed by atoms with Crippen LogP contribution >= 0.6 is 23.4 Å². The zero-order valence-corrected chi connectivity index (χ0v) is 25.1. The van der Waals surface area contributed by atoms with Gasteiger partial charge in [-0.3, -0.25) is 14.4 Å². The lowest BCUT2D eigenvalue weighted by Crippen LogP contribution is -2.30. The number of anilines is 2. The number of carbonyl (C=O) groups excluding carboxylic acids is 3. The van der Waals surface area contributed by atoms with E-state index in [9.17, 15) is 14.4 Å². The second-order valence-electron chi connectivity index (χ2n) is 9.94. The number of amides is 3. The van der Waals surface area contributed by atoms with Crippen LogP contribution in [-0.4, -0.2) is 23.0 Å². The van der Waals surface area contributed by atoms with Crippen molar-refractivity contribution in [3.05, 3.63) is 131 Å². The molecule has 42 heavy (non-hydrogen) atoms. The standard InChI is InChI=1S/C34H32ClN3O3S/c1-22(2)25-14-12-24(13-15-25)20-31(38-33(40)26-8-5-4-6-9-26)34(41)37-29-10-7-11-30(21-29)42-23(3)32(39)36-28-18-16-27(35)17-19-28/h4-23H,1-3H3,(H,36,39)(H,37,41)(H,38,40)/b31-20+. The van der Waals surface area contributed by atoms with E-state index < -0.39 is 11.2 Å². The summed E-state index contributed by atoms with van der Waals surface area (Å²) in [5.74, 6) is -0.641. The van der Waals surface area contributed by atoms with E-state index in [1.54, 1.807) is 72.8 Å². The summed E-state index contributed by atoms with van der Waals surface area (Å²) in [6, 6.07) is 30.7. The van der Waals surface area contributed by atoms with Crippen LogP contribution in [0.4, 0.5) is 11.4 Å². The van der Waals surface area contributed by atoms with E-state index in [4.69, 9.17) is 11.6 Å². The summed E-state index contributed by atoms with van der Waals surface area (Å²) in [4.78, 5) is 39.9. The first-order valence-electron chi connectivity index (χ1n) is 13.5.